The van der Waals surface area contributed by atoms with Gasteiger partial charge in [-0.25, -0.2) is 4.79 Å². The maximum absolute atomic E-state index is 12.6. The van der Waals surface area contributed by atoms with Gasteiger partial charge in [0.1, 0.15) is 12.6 Å². The van der Waals surface area contributed by atoms with E-state index in [1.165, 1.54) is 18.1 Å². The third-order valence-electron chi connectivity index (χ3n) is 7.25. The molecular weight excluding hydrogens is 408 g/mol. The highest BCUT2D eigenvalue weighted by Crippen LogP contribution is 2.63. The molecule has 4 atom stereocenters. The van der Waals surface area contributed by atoms with Gasteiger partial charge in [0, 0.05) is 12.0 Å². The number of carbonyl (C=O) groups is 3. The molecule has 0 radical (unpaired) electrons. The lowest BCUT2D eigenvalue weighted by molar-refractivity contribution is -0.142. The van der Waals surface area contributed by atoms with Gasteiger partial charge in [-0.3, -0.25) is 9.59 Å². The highest BCUT2D eigenvalue weighted by atomic mass is 16.5. The molecule has 2 aromatic carbocycles. The van der Waals surface area contributed by atoms with Gasteiger partial charge < -0.3 is 20.5 Å². The number of carboxylic acid groups (broad SMARTS) is 1. The average Bonchev–Trinajstić information content (AvgIpc) is 3.21. The van der Waals surface area contributed by atoms with E-state index in [4.69, 9.17) is 9.84 Å². The minimum absolute atomic E-state index is 0.000225. The molecule has 3 aliphatic rings. The molecule has 7 heteroatoms. The van der Waals surface area contributed by atoms with Crippen LogP contribution in [0.3, 0.4) is 0 Å². The van der Waals surface area contributed by atoms with Crippen LogP contribution < -0.4 is 10.6 Å². The molecule has 0 spiro atoms. The Morgan fingerprint density at radius 1 is 1.06 bits per heavy atom. The van der Waals surface area contributed by atoms with Crippen LogP contribution in [0.5, 0.6) is 0 Å². The van der Waals surface area contributed by atoms with Gasteiger partial charge in [0.2, 0.25) is 5.91 Å². The highest BCUT2D eigenvalue weighted by Gasteiger charge is 2.65. The third kappa shape index (κ3) is 3.42. The molecule has 3 unspecified atom stereocenters. The molecule has 3 N–H and O–H groups in total. The van der Waals surface area contributed by atoms with Crippen molar-refractivity contribution in [3.05, 3.63) is 59.7 Å². The van der Waals surface area contributed by atoms with Crippen LogP contribution in [0, 0.1) is 11.3 Å². The van der Waals surface area contributed by atoms with E-state index in [1.54, 1.807) is 0 Å². The summed E-state index contributed by atoms with van der Waals surface area (Å²) in [5, 5.41) is 14.5. The van der Waals surface area contributed by atoms with Crippen molar-refractivity contribution in [2.45, 2.75) is 44.2 Å². The molecule has 166 valence electrons. The van der Waals surface area contributed by atoms with Crippen molar-refractivity contribution in [2.75, 3.05) is 6.61 Å². The minimum atomic E-state index is -1.06. The second kappa shape index (κ2) is 7.65. The van der Waals surface area contributed by atoms with Crippen LogP contribution in [-0.4, -0.2) is 41.8 Å². The topological polar surface area (TPSA) is 105 Å². The zero-order chi connectivity index (χ0) is 22.5. The Bertz CT molecular complexity index is 1050. The largest absolute Gasteiger partial charge is 0.480 e. The molecule has 7 nitrogen and oxygen atoms in total. The molecule has 0 aliphatic heterocycles. The van der Waals surface area contributed by atoms with E-state index in [0.717, 1.165) is 17.5 Å². The number of alkyl carbamates (subject to hydrolysis) is 1. The molecule has 2 amide bonds. The number of carbonyl (C=O) groups excluding carboxylic acids is 2. The maximum atomic E-state index is 12.6. The Balaban J connectivity index is 1.18. The minimum Gasteiger partial charge on any atom is -0.480 e. The van der Waals surface area contributed by atoms with Gasteiger partial charge in [0.05, 0.1) is 5.41 Å². The normalized spacial score (nSPS) is 25.8. The van der Waals surface area contributed by atoms with Crippen LogP contribution in [0.4, 0.5) is 4.79 Å². The Morgan fingerprint density at radius 2 is 1.69 bits per heavy atom. The molecule has 32 heavy (non-hydrogen) atoms. The summed E-state index contributed by atoms with van der Waals surface area (Å²) in [6.45, 7) is 1.70. The fraction of sp³-hybridized carbons (Fsp3) is 0.400. The molecular formula is C25H26N2O5. The summed E-state index contributed by atoms with van der Waals surface area (Å²) in [7, 11) is 0. The molecule has 0 bridgehead atoms. The van der Waals surface area contributed by atoms with Crippen molar-refractivity contribution < 1.29 is 24.2 Å². The molecule has 2 fully saturated rings. The Morgan fingerprint density at radius 3 is 2.31 bits per heavy atom. The monoisotopic (exact) mass is 434 g/mol. The van der Waals surface area contributed by atoms with Crippen LogP contribution in [0.15, 0.2) is 48.5 Å². The number of ether oxygens (including phenoxy) is 1. The molecule has 0 aromatic heterocycles. The smallest absolute Gasteiger partial charge is 0.407 e. The number of nitrogens with one attached hydrogen (secondary N) is 2. The van der Waals surface area contributed by atoms with Crippen LogP contribution >= 0.6 is 0 Å². The lowest BCUT2D eigenvalue weighted by Gasteiger charge is -2.20. The zero-order valence-electron chi connectivity index (χ0n) is 17.8. The van der Waals surface area contributed by atoms with E-state index in [-0.39, 0.29) is 30.4 Å². The number of fused-ring (bicyclic) bond motifs is 4. The van der Waals surface area contributed by atoms with Crippen molar-refractivity contribution in [1.29, 1.82) is 0 Å². The Labute approximate surface area is 186 Å². The van der Waals surface area contributed by atoms with Crippen molar-refractivity contribution >= 4 is 18.0 Å². The molecule has 0 saturated heterocycles. The highest BCUT2D eigenvalue weighted by molar-refractivity contribution is 5.90. The summed E-state index contributed by atoms with van der Waals surface area (Å²) < 4.78 is 5.61. The standard InChI is InChI=1S/C25H26N2O5/c1-14(22(28)29)26-23(30)25-11-15(25)10-16(12-25)27-24(31)32-13-21-19-8-4-2-6-17(19)18-7-3-5-9-20(18)21/h2-9,14-16,21H,10-13H2,1H3,(H,26,30)(H,27,31)(H,28,29)/t14-,15?,16?,25?/m1/s1. The molecule has 2 aromatic rings. The van der Waals surface area contributed by atoms with Gasteiger partial charge in [0.25, 0.3) is 0 Å². The van der Waals surface area contributed by atoms with Crippen molar-refractivity contribution in [1.82, 2.24) is 10.6 Å². The fourth-order valence-electron chi connectivity index (χ4n) is 5.50. The Hall–Kier alpha value is -3.35. The van der Waals surface area contributed by atoms with Crippen molar-refractivity contribution in [2.24, 2.45) is 11.3 Å². The summed E-state index contributed by atoms with van der Waals surface area (Å²) >= 11 is 0. The maximum Gasteiger partial charge on any atom is 0.407 e. The summed E-state index contributed by atoms with van der Waals surface area (Å²) in [6.07, 6.45) is 1.49. The molecule has 2 saturated carbocycles. The number of aliphatic carboxylic acids is 1. The number of carboxylic acids is 1. The second-order valence-corrected chi connectivity index (χ2v) is 9.20. The molecule has 3 aliphatic carbocycles. The number of rotatable bonds is 6. The zero-order valence-corrected chi connectivity index (χ0v) is 17.8. The SMILES string of the molecule is C[C@@H](NC(=O)C12CC(NC(=O)OCC3c4ccccc4-c4ccccc43)CC1C2)C(=O)O. The van der Waals surface area contributed by atoms with Gasteiger partial charge in [-0.1, -0.05) is 48.5 Å². The van der Waals surface area contributed by atoms with Crippen molar-refractivity contribution in [3.8, 4) is 11.1 Å². The van der Waals surface area contributed by atoms with Gasteiger partial charge in [-0.2, -0.15) is 0 Å². The van der Waals surface area contributed by atoms with Crippen LogP contribution in [0.25, 0.3) is 11.1 Å². The lowest BCUT2D eigenvalue weighted by Crippen LogP contribution is -2.43. The number of amides is 2. The van der Waals surface area contributed by atoms with Crippen molar-refractivity contribution in [3.63, 3.8) is 0 Å². The summed E-state index contributed by atoms with van der Waals surface area (Å²) in [5.74, 6) is -1.10. The quantitative estimate of drug-likeness (QED) is 0.647. The number of hydrogen-bond donors (Lipinski definition) is 3. The van der Waals surface area contributed by atoms with E-state index >= 15 is 0 Å². The first-order chi connectivity index (χ1) is 15.4. The predicted molar refractivity (Wildman–Crippen MR) is 117 cm³/mol. The predicted octanol–water partition coefficient (Wildman–Crippen LogP) is 3.28. The van der Waals surface area contributed by atoms with E-state index in [2.05, 4.69) is 34.9 Å². The van der Waals surface area contributed by atoms with Crippen LogP contribution in [0.2, 0.25) is 0 Å². The first-order valence-corrected chi connectivity index (χ1v) is 11.0. The summed E-state index contributed by atoms with van der Waals surface area (Å²) in [5.41, 5.74) is 4.12. The average molecular weight is 434 g/mol. The van der Waals surface area contributed by atoms with Crippen LogP contribution in [0.1, 0.15) is 43.2 Å². The number of benzene rings is 2. The first kappa shape index (κ1) is 20.5. The Kier molecular flexibility index (Phi) is 4.92. The van der Waals surface area contributed by atoms with E-state index in [9.17, 15) is 14.4 Å². The van der Waals surface area contributed by atoms with E-state index in [0.29, 0.717) is 12.8 Å². The third-order valence-corrected chi connectivity index (χ3v) is 7.25. The molecule has 5 rings (SSSR count). The number of hydrogen-bond acceptors (Lipinski definition) is 4. The van der Waals surface area contributed by atoms with Gasteiger partial charge in [-0.15, -0.1) is 0 Å². The summed E-state index contributed by atoms with van der Waals surface area (Å²) in [6, 6.07) is 15.3. The summed E-state index contributed by atoms with van der Waals surface area (Å²) in [4.78, 5) is 36.1. The molecule has 0 heterocycles. The lowest BCUT2D eigenvalue weighted by atomic mass is 9.98. The second-order valence-electron chi connectivity index (χ2n) is 9.20. The van der Waals surface area contributed by atoms with Gasteiger partial charge in [0.15, 0.2) is 0 Å². The van der Waals surface area contributed by atoms with E-state index in [1.807, 2.05) is 24.3 Å². The fourth-order valence-corrected chi connectivity index (χ4v) is 5.50. The van der Waals surface area contributed by atoms with Gasteiger partial charge in [-0.05, 0) is 54.4 Å². The van der Waals surface area contributed by atoms with Crippen LogP contribution in [-0.2, 0) is 14.3 Å². The van der Waals surface area contributed by atoms with E-state index < -0.39 is 23.5 Å². The first-order valence-electron chi connectivity index (χ1n) is 11.0. The van der Waals surface area contributed by atoms with Gasteiger partial charge >= 0.3 is 12.1 Å².